The van der Waals surface area contributed by atoms with E-state index < -0.39 is 11.6 Å². The van der Waals surface area contributed by atoms with E-state index in [1.165, 1.54) is 4.90 Å². The van der Waals surface area contributed by atoms with Crippen LogP contribution < -0.4 is 15.1 Å². The van der Waals surface area contributed by atoms with E-state index in [4.69, 9.17) is 9.97 Å². The van der Waals surface area contributed by atoms with Gasteiger partial charge in [0.05, 0.1) is 11.0 Å². The van der Waals surface area contributed by atoms with Crippen molar-refractivity contribution in [2.75, 3.05) is 36.5 Å². The summed E-state index contributed by atoms with van der Waals surface area (Å²) in [6.07, 6.45) is 2.18. The molecule has 1 saturated heterocycles. The molecule has 0 radical (unpaired) electrons. The van der Waals surface area contributed by atoms with Crippen LogP contribution in [0.2, 0.25) is 0 Å². The van der Waals surface area contributed by atoms with Crippen molar-refractivity contribution < 1.29 is 14.4 Å². The van der Waals surface area contributed by atoms with Crippen LogP contribution >= 0.6 is 0 Å². The molecule has 0 saturated carbocycles. The molecule has 1 atom stereocenters. The van der Waals surface area contributed by atoms with Gasteiger partial charge in [0, 0.05) is 20.1 Å². The van der Waals surface area contributed by atoms with Crippen molar-refractivity contribution in [1.82, 2.24) is 20.2 Å². The number of likely N-dealkylation sites (N-methyl/N-ethyl adjacent to an activating group) is 1. The van der Waals surface area contributed by atoms with Crippen LogP contribution in [0, 0.1) is 0 Å². The van der Waals surface area contributed by atoms with Gasteiger partial charge in [-0.1, -0.05) is 36.4 Å². The highest BCUT2D eigenvalue weighted by atomic mass is 16.2. The molecular formula is C25H24N6O3. The van der Waals surface area contributed by atoms with Crippen LogP contribution in [0.5, 0.6) is 0 Å². The molecule has 9 heteroatoms. The minimum Gasteiger partial charge on any atom is -0.355 e. The summed E-state index contributed by atoms with van der Waals surface area (Å²) in [5.74, 6) is 0.330. The van der Waals surface area contributed by atoms with Gasteiger partial charge in [0.25, 0.3) is 5.91 Å². The van der Waals surface area contributed by atoms with Crippen LogP contribution in [0.25, 0.3) is 11.0 Å². The molecule has 2 aliphatic heterocycles. The van der Waals surface area contributed by atoms with E-state index in [0.29, 0.717) is 36.7 Å². The van der Waals surface area contributed by atoms with Gasteiger partial charge < -0.3 is 10.2 Å². The van der Waals surface area contributed by atoms with E-state index in [1.54, 1.807) is 0 Å². The molecule has 3 aromatic rings. The maximum atomic E-state index is 13.6. The molecule has 6 rings (SSSR count). The molecule has 1 spiro atoms. The van der Waals surface area contributed by atoms with Crippen molar-refractivity contribution >= 4 is 40.5 Å². The number of carbonyl (C=O) groups excluding carboxylic acids is 3. The van der Waals surface area contributed by atoms with Crippen LogP contribution in [0.15, 0.2) is 48.5 Å². The number of imide groups is 1. The zero-order valence-electron chi connectivity index (χ0n) is 18.8. The van der Waals surface area contributed by atoms with Gasteiger partial charge in [-0.15, -0.1) is 0 Å². The van der Waals surface area contributed by atoms with Crippen LogP contribution in [-0.4, -0.2) is 59.4 Å². The van der Waals surface area contributed by atoms with Gasteiger partial charge >= 0.3 is 6.03 Å². The second-order valence-electron chi connectivity index (χ2n) is 9.06. The van der Waals surface area contributed by atoms with Crippen LogP contribution in [0.1, 0.15) is 24.0 Å². The molecule has 4 amide bonds. The number of fused-ring (bicyclic) bond motifs is 4. The summed E-state index contributed by atoms with van der Waals surface area (Å²) < 4.78 is 0. The third-order valence-electron chi connectivity index (χ3n) is 7.06. The first-order valence-electron chi connectivity index (χ1n) is 11.5. The molecule has 1 N–H and O–H groups in total. The molecule has 0 bridgehead atoms. The zero-order valence-corrected chi connectivity index (χ0v) is 18.8. The molecule has 172 valence electrons. The first-order chi connectivity index (χ1) is 16.5. The van der Waals surface area contributed by atoms with Crippen molar-refractivity contribution in [3.63, 3.8) is 0 Å². The number of nitrogens with zero attached hydrogens (tertiary/aromatic N) is 5. The van der Waals surface area contributed by atoms with Crippen molar-refractivity contribution in [2.24, 2.45) is 0 Å². The molecule has 3 heterocycles. The lowest BCUT2D eigenvalue weighted by Gasteiger charge is -2.35. The van der Waals surface area contributed by atoms with Crippen LogP contribution in [0.3, 0.4) is 0 Å². The fourth-order valence-corrected chi connectivity index (χ4v) is 5.30. The van der Waals surface area contributed by atoms with Gasteiger partial charge in [-0.2, -0.15) is 0 Å². The zero-order chi connectivity index (χ0) is 23.4. The lowest BCUT2D eigenvalue weighted by Crippen LogP contribution is -2.50. The minimum atomic E-state index is -1.10. The Labute approximate surface area is 196 Å². The largest absolute Gasteiger partial charge is 0.355 e. The standard InChI is InChI=1S/C25H24N6O3/c1-29-13-14-30(22-21(29)26-18-10-4-5-11-19(18)27-22)20(32)15-31-23(33)25(28-24(31)34)12-6-8-16-7-2-3-9-17(16)25/h2-5,7,9-11H,6,8,12-15H2,1H3,(H,28,34)/t25-/m1/s1. The maximum absolute atomic E-state index is 13.6. The molecule has 34 heavy (non-hydrogen) atoms. The minimum absolute atomic E-state index is 0.341. The fraction of sp³-hybridized carbons (Fsp3) is 0.320. The molecule has 9 nitrogen and oxygen atoms in total. The number of rotatable bonds is 2. The Balaban J connectivity index is 1.31. The van der Waals surface area contributed by atoms with Crippen molar-refractivity contribution in [3.05, 3.63) is 59.7 Å². The van der Waals surface area contributed by atoms with Crippen LogP contribution in [0.4, 0.5) is 16.4 Å². The molecule has 2 aromatic carbocycles. The predicted octanol–water partition coefficient (Wildman–Crippen LogP) is 2.20. The summed E-state index contributed by atoms with van der Waals surface area (Å²) >= 11 is 0. The van der Waals surface area contributed by atoms with Gasteiger partial charge in [0.15, 0.2) is 11.6 Å². The summed E-state index contributed by atoms with van der Waals surface area (Å²) in [5, 5.41) is 2.91. The number of aryl methyl sites for hydroxylation is 1. The lowest BCUT2D eigenvalue weighted by atomic mass is 9.76. The van der Waals surface area contributed by atoms with Crippen molar-refractivity contribution in [2.45, 2.75) is 24.8 Å². The Morgan fingerprint density at radius 1 is 1.00 bits per heavy atom. The lowest BCUT2D eigenvalue weighted by molar-refractivity contribution is -0.135. The van der Waals surface area contributed by atoms with E-state index in [1.807, 2.05) is 60.5 Å². The third-order valence-corrected chi connectivity index (χ3v) is 7.06. The molecule has 1 aliphatic carbocycles. The normalized spacial score (nSPS) is 21.6. The maximum Gasteiger partial charge on any atom is 0.325 e. The molecule has 3 aliphatic rings. The number of anilines is 2. The third kappa shape index (κ3) is 2.96. The molecular weight excluding hydrogens is 432 g/mol. The summed E-state index contributed by atoms with van der Waals surface area (Å²) in [6.45, 7) is 0.627. The number of benzene rings is 2. The average molecular weight is 457 g/mol. The Morgan fingerprint density at radius 2 is 1.71 bits per heavy atom. The highest BCUT2D eigenvalue weighted by Gasteiger charge is 2.54. The number of para-hydroxylation sites is 2. The molecule has 1 aromatic heterocycles. The van der Waals surface area contributed by atoms with E-state index in [9.17, 15) is 14.4 Å². The highest BCUT2D eigenvalue weighted by Crippen LogP contribution is 2.40. The summed E-state index contributed by atoms with van der Waals surface area (Å²) in [7, 11) is 1.91. The smallest absolute Gasteiger partial charge is 0.325 e. The predicted molar refractivity (Wildman–Crippen MR) is 126 cm³/mol. The molecule has 1 fully saturated rings. The fourth-order valence-electron chi connectivity index (χ4n) is 5.30. The topological polar surface area (TPSA) is 98.7 Å². The van der Waals surface area contributed by atoms with Gasteiger partial charge in [0.2, 0.25) is 5.91 Å². The van der Waals surface area contributed by atoms with Gasteiger partial charge in [-0.25, -0.2) is 14.8 Å². The van der Waals surface area contributed by atoms with Gasteiger partial charge in [-0.3, -0.25) is 19.4 Å². The SMILES string of the molecule is CN1CCN(C(=O)CN2C(=O)N[C@@]3(CCCc4ccccc43)C2=O)c2nc3ccccc3nc21. The number of nitrogens with one attached hydrogen (secondary N) is 1. The second-order valence-corrected chi connectivity index (χ2v) is 9.06. The Kier molecular flexibility index (Phi) is 4.55. The first-order valence-corrected chi connectivity index (χ1v) is 11.5. The number of hydrogen-bond donors (Lipinski definition) is 1. The van der Waals surface area contributed by atoms with E-state index >= 15 is 0 Å². The Hall–Kier alpha value is -4.01. The van der Waals surface area contributed by atoms with Crippen molar-refractivity contribution in [3.8, 4) is 0 Å². The average Bonchev–Trinajstić information content (AvgIpc) is 3.08. The number of amides is 4. The number of carbonyl (C=O) groups is 3. The van der Waals surface area contributed by atoms with Gasteiger partial charge in [0.1, 0.15) is 12.1 Å². The van der Waals surface area contributed by atoms with Gasteiger partial charge in [-0.05, 0) is 42.5 Å². The van der Waals surface area contributed by atoms with E-state index in [0.717, 1.165) is 34.4 Å². The monoisotopic (exact) mass is 456 g/mol. The first kappa shape index (κ1) is 20.6. The summed E-state index contributed by atoms with van der Waals surface area (Å²) in [4.78, 5) is 53.9. The van der Waals surface area contributed by atoms with E-state index in [2.05, 4.69) is 5.32 Å². The van der Waals surface area contributed by atoms with Crippen LogP contribution in [-0.2, 0) is 21.5 Å². The highest BCUT2D eigenvalue weighted by molar-refractivity contribution is 6.11. The number of urea groups is 1. The van der Waals surface area contributed by atoms with E-state index in [-0.39, 0.29) is 18.4 Å². The summed E-state index contributed by atoms with van der Waals surface area (Å²) in [6, 6.07) is 14.7. The second kappa shape index (κ2) is 7.51. The molecule has 0 unspecified atom stereocenters. The summed E-state index contributed by atoms with van der Waals surface area (Å²) in [5.41, 5.74) is 2.22. The number of aromatic nitrogens is 2. The van der Waals surface area contributed by atoms with Crippen molar-refractivity contribution in [1.29, 1.82) is 0 Å². The Bertz CT molecular complexity index is 1360. The quantitative estimate of drug-likeness (QED) is 0.594. The number of hydrogen-bond acceptors (Lipinski definition) is 6. The Morgan fingerprint density at radius 3 is 2.50 bits per heavy atom.